The van der Waals surface area contributed by atoms with Crippen molar-refractivity contribution in [3.63, 3.8) is 0 Å². The van der Waals surface area contributed by atoms with Gasteiger partial charge in [-0.1, -0.05) is 106 Å². The van der Waals surface area contributed by atoms with Crippen LogP contribution in [0.4, 0.5) is 0 Å². The van der Waals surface area contributed by atoms with Gasteiger partial charge in [0.05, 0.1) is 19.8 Å². The van der Waals surface area contributed by atoms with Crippen molar-refractivity contribution in [2.75, 3.05) is 39.6 Å². The van der Waals surface area contributed by atoms with Crippen LogP contribution in [0, 0.1) is 20.8 Å². The Bertz CT molecular complexity index is 1670. The molecule has 6 nitrogen and oxygen atoms in total. The van der Waals surface area contributed by atoms with E-state index in [0.717, 1.165) is 49.9 Å². The zero-order valence-electron chi connectivity index (χ0n) is 34.3. The summed E-state index contributed by atoms with van der Waals surface area (Å²) in [5.41, 5.74) is 10.6. The average molecular weight is 713 g/mol. The molecule has 0 N–H and O–H groups in total. The van der Waals surface area contributed by atoms with Gasteiger partial charge < -0.3 is 28.4 Å². The van der Waals surface area contributed by atoms with E-state index >= 15 is 0 Å². The molecule has 0 saturated carbocycles. The molecule has 52 heavy (non-hydrogen) atoms. The minimum atomic E-state index is -0.319. The maximum absolute atomic E-state index is 6.51. The van der Waals surface area contributed by atoms with Crippen molar-refractivity contribution in [3.8, 4) is 17.2 Å². The topological polar surface area (TPSA) is 65.3 Å². The molecular weight excluding hydrogens is 649 g/mol. The lowest BCUT2D eigenvalue weighted by Crippen LogP contribution is -2.28. The molecule has 6 heteroatoms. The molecule has 0 radical (unpaired) electrons. The molecule has 3 aromatic carbocycles. The summed E-state index contributed by atoms with van der Waals surface area (Å²) in [6.45, 7) is 33.7. The second kappa shape index (κ2) is 14.3. The molecular formula is C46H64O6. The molecule has 3 aromatic rings. The van der Waals surface area contributed by atoms with Crippen molar-refractivity contribution in [1.82, 2.24) is 0 Å². The largest absolute Gasteiger partial charge is 0.490 e. The van der Waals surface area contributed by atoms with Gasteiger partial charge in [-0.2, -0.15) is 0 Å². The van der Waals surface area contributed by atoms with E-state index in [-0.39, 0.29) is 40.0 Å². The van der Waals surface area contributed by atoms with E-state index in [2.05, 4.69) is 126 Å². The Morgan fingerprint density at radius 3 is 1.15 bits per heavy atom. The fourth-order valence-electron chi connectivity index (χ4n) is 7.30. The normalized spacial score (nSPS) is 21.1. The number of epoxide rings is 3. The molecule has 0 aromatic heterocycles. The van der Waals surface area contributed by atoms with E-state index in [1.165, 1.54) is 50.1 Å². The molecule has 3 saturated heterocycles. The summed E-state index contributed by atoms with van der Waals surface area (Å²) >= 11 is 0. The zero-order chi connectivity index (χ0) is 37.8. The fourth-order valence-corrected chi connectivity index (χ4v) is 7.30. The van der Waals surface area contributed by atoms with Crippen LogP contribution in [0.3, 0.4) is 0 Å². The van der Waals surface area contributed by atoms with Gasteiger partial charge in [0.15, 0.2) is 0 Å². The number of benzene rings is 3. The van der Waals surface area contributed by atoms with Crippen molar-refractivity contribution >= 4 is 0 Å². The maximum Gasteiger partial charge on any atom is 0.126 e. The van der Waals surface area contributed by atoms with Gasteiger partial charge in [-0.25, -0.2) is 0 Å². The molecule has 3 aliphatic rings. The van der Waals surface area contributed by atoms with Gasteiger partial charge in [0.25, 0.3) is 0 Å². The molecule has 0 bridgehead atoms. The van der Waals surface area contributed by atoms with Gasteiger partial charge in [-0.3, -0.25) is 0 Å². The number of ether oxygens (including phenoxy) is 6. The monoisotopic (exact) mass is 712 g/mol. The van der Waals surface area contributed by atoms with Crippen molar-refractivity contribution < 1.29 is 28.4 Å². The Morgan fingerprint density at radius 2 is 0.827 bits per heavy atom. The Balaban J connectivity index is 1.46. The molecule has 3 atom stereocenters. The standard InChI is InChI=1S/C46H64O6/c1-28-16-31(19-37(43(4,5)6)40(28)50-25-34-22-47-34)14-15-46(13,32-17-29(2)41(51-26-35-23-48-35)38(20-32)44(7,8)9)33-18-30(3)42(52-27-36-24-49-36)39(21-33)45(10,11)12/h16-21,34-36H,14-15,22-27H2,1-13H3. The van der Waals surface area contributed by atoms with Crippen LogP contribution < -0.4 is 14.2 Å². The quantitative estimate of drug-likeness (QED) is 0.155. The first-order chi connectivity index (χ1) is 24.2. The predicted molar refractivity (Wildman–Crippen MR) is 210 cm³/mol. The molecule has 0 aliphatic carbocycles. The van der Waals surface area contributed by atoms with E-state index in [1.54, 1.807) is 0 Å². The SMILES string of the molecule is Cc1cc(CCC(C)(c2cc(C)c(OCC3CO3)c(C(C)(C)C)c2)c2cc(C)c(OCC3CO3)c(C(C)(C)C)c2)cc(C(C)(C)C)c1OCC1CO1. The van der Waals surface area contributed by atoms with Crippen LogP contribution >= 0.6 is 0 Å². The highest BCUT2D eigenvalue weighted by Crippen LogP contribution is 2.46. The van der Waals surface area contributed by atoms with Gasteiger partial charge in [0.1, 0.15) is 55.4 Å². The van der Waals surface area contributed by atoms with Crippen LogP contribution in [-0.4, -0.2) is 58.0 Å². The Hall–Kier alpha value is -3.06. The van der Waals surface area contributed by atoms with E-state index < -0.39 is 0 Å². The number of aryl methyl sites for hydroxylation is 4. The lowest BCUT2D eigenvalue weighted by atomic mass is 9.68. The molecule has 3 heterocycles. The molecule has 3 aliphatic heterocycles. The highest BCUT2D eigenvalue weighted by Gasteiger charge is 2.36. The summed E-state index contributed by atoms with van der Waals surface area (Å²) in [5.74, 6) is 2.98. The fraction of sp³-hybridized carbons (Fsp3) is 0.609. The zero-order valence-corrected chi connectivity index (χ0v) is 34.3. The summed E-state index contributed by atoms with van der Waals surface area (Å²) in [6.07, 6.45) is 2.44. The number of rotatable bonds is 14. The molecule has 284 valence electrons. The van der Waals surface area contributed by atoms with Crippen LogP contribution in [-0.2, 0) is 42.3 Å². The first-order valence-electron chi connectivity index (χ1n) is 19.4. The lowest BCUT2D eigenvalue weighted by Gasteiger charge is -2.36. The summed E-state index contributed by atoms with van der Waals surface area (Å²) in [6, 6.07) is 14.3. The van der Waals surface area contributed by atoms with E-state index in [1.807, 2.05) is 0 Å². The van der Waals surface area contributed by atoms with Crippen LogP contribution in [0.2, 0.25) is 0 Å². The van der Waals surface area contributed by atoms with Gasteiger partial charge >= 0.3 is 0 Å². The summed E-state index contributed by atoms with van der Waals surface area (Å²) in [7, 11) is 0. The summed E-state index contributed by atoms with van der Waals surface area (Å²) < 4.78 is 35.9. The first kappa shape index (κ1) is 38.7. The number of hydrogen-bond acceptors (Lipinski definition) is 6. The summed E-state index contributed by atoms with van der Waals surface area (Å²) in [5, 5.41) is 0. The Kier molecular flexibility index (Phi) is 10.6. The molecule has 3 fully saturated rings. The van der Waals surface area contributed by atoms with Crippen molar-refractivity contribution in [1.29, 1.82) is 0 Å². The van der Waals surface area contributed by atoms with Crippen molar-refractivity contribution in [3.05, 3.63) is 86.5 Å². The maximum atomic E-state index is 6.51. The van der Waals surface area contributed by atoms with Crippen LogP contribution in [0.25, 0.3) is 0 Å². The third-order valence-corrected chi connectivity index (χ3v) is 10.9. The highest BCUT2D eigenvalue weighted by molar-refractivity contribution is 5.56. The summed E-state index contributed by atoms with van der Waals surface area (Å²) in [4.78, 5) is 0. The van der Waals surface area contributed by atoms with E-state index in [0.29, 0.717) is 19.8 Å². The van der Waals surface area contributed by atoms with Crippen molar-refractivity contribution in [2.45, 2.75) is 143 Å². The number of hydrogen-bond donors (Lipinski definition) is 0. The average Bonchev–Trinajstić information content (AvgIpc) is 3.88. The van der Waals surface area contributed by atoms with Gasteiger partial charge in [-0.15, -0.1) is 0 Å². The van der Waals surface area contributed by atoms with E-state index in [4.69, 9.17) is 28.4 Å². The second-order valence-corrected chi connectivity index (χ2v) is 19.0. The Morgan fingerprint density at radius 1 is 0.500 bits per heavy atom. The molecule has 0 amide bonds. The van der Waals surface area contributed by atoms with Crippen molar-refractivity contribution in [2.24, 2.45) is 0 Å². The van der Waals surface area contributed by atoms with Gasteiger partial charge in [-0.05, 0) is 83.2 Å². The van der Waals surface area contributed by atoms with Gasteiger partial charge in [0.2, 0.25) is 0 Å². The van der Waals surface area contributed by atoms with Crippen LogP contribution in [0.15, 0.2) is 36.4 Å². The first-order valence-corrected chi connectivity index (χ1v) is 19.4. The molecule has 6 rings (SSSR count). The highest BCUT2D eigenvalue weighted by atomic mass is 16.6. The third kappa shape index (κ3) is 9.00. The molecule has 0 spiro atoms. The minimum absolute atomic E-state index is 0.0655. The molecule has 3 unspecified atom stereocenters. The minimum Gasteiger partial charge on any atom is -0.490 e. The lowest BCUT2D eigenvalue weighted by molar-refractivity contribution is 0.256. The van der Waals surface area contributed by atoms with E-state index in [9.17, 15) is 0 Å². The third-order valence-electron chi connectivity index (χ3n) is 10.9. The smallest absolute Gasteiger partial charge is 0.126 e. The Labute approximate surface area is 313 Å². The van der Waals surface area contributed by atoms with Crippen LogP contribution in [0.5, 0.6) is 17.2 Å². The predicted octanol–water partition coefficient (Wildman–Crippen LogP) is 9.78. The van der Waals surface area contributed by atoms with Crippen LogP contribution in [0.1, 0.15) is 126 Å². The van der Waals surface area contributed by atoms with Gasteiger partial charge in [0, 0.05) is 22.1 Å². The second-order valence-electron chi connectivity index (χ2n) is 19.0.